The van der Waals surface area contributed by atoms with Crippen LogP contribution in [0.4, 0.5) is 0 Å². The molecule has 0 aromatic heterocycles. The number of para-hydroxylation sites is 2. The van der Waals surface area contributed by atoms with Gasteiger partial charge in [-0.05, 0) is 105 Å². The molecule has 0 saturated heterocycles. The molecule has 0 heterocycles. The second kappa shape index (κ2) is 13.7. The molecule has 0 radical (unpaired) electrons. The van der Waals surface area contributed by atoms with Crippen LogP contribution in [0.3, 0.4) is 0 Å². The van der Waals surface area contributed by atoms with Crippen molar-refractivity contribution in [2.75, 3.05) is 13.2 Å². The van der Waals surface area contributed by atoms with Crippen LogP contribution in [0, 0.1) is 0 Å². The molecule has 0 unspecified atom stereocenters. The second-order valence-electron chi connectivity index (χ2n) is 11.0. The number of phenols is 2. The quantitative estimate of drug-likeness (QED) is 0.168. The van der Waals surface area contributed by atoms with Gasteiger partial charge in [-0.1, -0.05) is 50.2 Å². The number of halogens is 2. The van der Waals surface area contributed by atoms with Crippen LogP contribution in [0.25, 0.3) is 0 Å². The van der Waals surface area contributed by atoms with Crippen LogP contribution in [-0.4, -0.2) is 33.9 Å². The van der Waals surface area contributed by atoms with E-state index in [1.54, 1.807) is 24.3 Å². The first-order valence-electron chi connectivity index (χ1n) is 14.8. The highest BCUT2D eigenvalue weighted by molar-refractivity contribution is 6.68. The first kappa shape index (κ1) is 31.4. The maximum atomic E-state index is 12.4. The molecule has 44 heavy (non-hydrogen) atoms. The third kappa shape index (κ3) is 6.72. The number of benzene rings is 4. The number of phenolic OH excluding ortho intramolecular Hbond substituents is 2. The zero-order valence-electron chi connectivity index (χ0n) is 24.7. The third-order valence-corrected chi connectivity index (χ3v) is 8.21. The van der Waals surface area contributed by atoms with Crippen molar-refractivity contribution in [2.24, 2.45) is 0 Å². The topological polar surface area (TPSA) is 93.1 Å². The van der Waals surface area contributed by atoms with Crippen molar-refractivity contribution in [3.05, 3.63) is 116 Å². The molecular weight excluding hydrogens is 599 g/mol. The van der Waals surface area contributed by atoms with Crippen molar-refractivity contribution in [1.29, 1.82) is 0 Å². The summed E-state index contributed by atoms with van der Waals surface area (Å²) in [6.07, 6.45) is 2.60. The smallest absolute Gasteiger partial charge is 0.252 e. The lowest BCUT2D eigenvalue weighted by Gasteiger charge is -2.21. The largest absolute Gasteiger partial charge is 0.507 e. The SMILES string of the molecule is CCCOc1c2cccc1Cc1cc(C(=O)Cl)cc(c1O)Cc1cccc(c1OCCC)Cc1cc(C(=O)Cl)cc(c1O)C2. The molecule has 1 aliphatic rings. The molecule has 5 rings (SSSR count). The Morgan fingerprint density at radius 2 is 0.886 bits per heavy atom. The van der Waals surface area contributed by atoms with E-state index in [-0.39, 0.29) is 48.3 Å². The summed E-state index contributed by atoms with van der Waals surface area (Å²) in [6, 6.07) is 17.9. The van der Waals surface area contributed by atoms with Crippen molar-refractivity contribution in [3.8, 4) is 23.0 Å². The maximum absolute atomic E-state index is 12.4. The van der Waals surface area contributed by atoms with Gasteiger partial charge >= 0.3 is 0 Å². The summed E-state index contributed by atoms with van der Waals surface area (Å²) >= 11 is 12.0. The van der Waals surface area contributed by atoms with E-state index >= 15 is 0 Å². The summed E-state index contributed by atoms with van der Waals surface area (Å²) in [5, 5.41) is 21.9. The normalized spacial score (nSPS) is 12.5. The van der Waals surface area contributed by atoms with Gasteiger partial charge in [0.25, 0.3) is 10.5 Å². The van der Waals surface area contributed by atoms with Crippen molar-refractivity contribution in [3.63, 3.8) is 0 Å². The van der Waals surface area contributed by atoms with Crippen LogP contribution in [0.5, 0.6) is 23.0 Å². The molecule has 0 amide bonds. The maximum Gasteiger partial charge on any atom is 0.252 e. The van der Waals surface area contributed by atoms with Crippen LogP contribution in [0.1, 0.15) is 91.9 Å². The van der Waals surface area contributed by atoms with Gasteiger partial charge in [0, 0.05) is 36.8 Å². The minimum atomic E-state index is -0.618. The Balaban J connectivity index is 1.80. The molecule has 4 aromatic carbocycles. The molecule has 0 aliphatic heterocycles. The zero-order chi connectivity index (χ0) is 31.4. The highest BCUT2D eigenvalue weighted by Gasteiger charge is 2.22. The van der Waals surface area contributed by atoms with Crippen LogP contribution >= 0.6 is 23.2 Å². The van der Waals surface area contributed by atoms with E-state index in [4.69, 9.17) is 32.7 Å². The van der Waals surface area contributed by atoms with E-state index in [2.05, 4.69) is 0 Å². The molecule has 0 atom stereocenters. The van der Waals surface area contributed by atoms with Crippen LogP contribution in [0.2, 0.25) is 0 Å². The standard InChI is InChI=1S/C36H34Cl2O6/c1-3-11-43-33-21-7-5-8-22(33)14-26-18-30(36(38)42)20-28(32(26)40)16-24-10-6-9-23(34(24)44-12-4-2)15-27-19-29(35(37)41)17-25(13-21)31(27)39/h5-10,17-20,39-40H,3-4,11-16H2,1-2H3. The predicted octanol–water partition coefficient (Wildman–Crippen LogP) is 8.11. The molecule has 8 bridgehead atoms. The van der Waals surface area contributed by atoms with Gasteiger partial charge < -0.3 is 19.7 Å². The first-order chi connectivity index (χ1) is 21.2. The fourth-order valence-corrected chi connectivity index (χ4v) is 5.94. The molecule has 0 fully saturated rings. The average Bonchev–Trinajstić information content (AvgIpc) is 2.99. The summed E-state index contributed by atoms with van der Waals surface area (Å²) in [6.45, 7) is 4.92. The highest BCUT2D eigenvalue weighted by Crippen LogP contribution is 2.39. The van der Waals surface area contributed by atoms with Crippen molar-refractivity contribution in [1.82, 2.24) is 0 Å². The summed E-state index contributed by atoms with van der Waals surface area (Å²) in [7, 11) is 0. The number of rotatable bonds is 8. The first-order valence-corrected chi connectivity index (χ1v) is 15.5. The van der Waals surface area contributed by atoms with Gasteiger partial charge in [0.15, 0.2) is 0 Å². The number of hydrogen-bond donors (Lipinski definition) is 2. The molecule has 0 saturated carbocycles. The Labute approximate surface area is 267 Å². The minimum Gasteiger partial charge on any atom is -0.507 e. The molecule has 4 aromatic rings. The van der Waals surface area contributed by atoms with Gasteiger partial charge in [-0.3, -0.25) is 9.59 Å². The Kier molecular flexibility index (Phi) is 9.82. The van der Waals surface area contributed by atoms with Crippen LogP contribution < -0.4 is 9.47 Å². The van der Waals surface area contributed by atoms with Crippen molar-refractivity contribution in [2.45, 2.75) is 52.4 Å². The van der Waals surface area contributed by atoms with E-state index < -0.39 is 10.5 Å². The van der Waals surface area contributed by atoms with Gasteiger partial charge in [0.1, 0.15) is 23.0 Å². The van der Waals surface area contributed by atoms with Crippen molar-refractivity contribution < 1.29 is 29.3 Å². The fourth-order valence-electron chi connectivity index (χ4n) is 5.72. The minimum absolute atomic E-state index is 0.0746. The Hall–Kier alpha value is -4.00. The molecule has 0 spiro atoms. The molecular formula is C36H34Cl2O6. The second-order valence-corrected chi connectivity index (χ2v) is 11.7. The summed E-state index contributed by atoms with van der Waals surface area (Å²) < 4.78 is 12.5. The number of ether oxygens (including phenoxy) is 2. The average molecular weight is 634 g/mol. The molecule has 1 aliphatic carbocycles. The third-order valence-electron chi connectivity index (χ3n) is 7.77. The predicted molar refractivity (Wildman–Crippen MR) is 172 cm³/mol. The van der Waals surface area contributed by atoms with Crippen LogP contribution in [0.15, 0.2) is 60.7 Å². The molecule has 8 heteroatoms. The Morgan fingerprint density at radius 3 is 1.14 bits per heavy atom. The lowest BCUT2D eigenvalue weighted by atomic mass is 9.90. The number of aromatic hydroxyl groups is 2. The molecule has 6 nitrogen and oxygen atoms in total. The lowest BCUT2D eigenvalue weighted by Crippen LogP contribution is -2.08. The van der Waals surface area contributed by atoms with Gasteiger partial charge in [-0.25, -0.2) is 0 Å². The van der Waals surface area contributed by atoms with Gasteiger partial charge in [-0.15, -0.1) is 0 Å². The number of carbonyl (C=O) groups is 2. The van der Waals surface area contributed by atoms with E-state index in [1.165, 1.54) is 0 Å². The fraction of sp³-hybridized carbons (Fsp3) is 0.278. The summed E-state index contributed by atoms with van der Waals surface area (Å²) in [5.41, 5.74) is 5.87. The van der Waals surface area contributed by atoms with E-state index in [0.29, 0.717) is 47.0 Å². The summed E-state index contributed by atoms with van der Waals surface area (Å²) in [5.74, 6) is 1.39. The molecule has 2 N–H and O–H groups in total. The zero-order valence-corrected chi connectivity index (χ0v) is 26.2. The van der Waals surface area contributed by atoms with E-state index in [1.807, 2.05) is 50.2 Å². The Bertz CT molecular complexity index is 1510. The van der Waals surface area contributed by atoms with Gasteiger partial charge in [0.2, 0.25) is 0 Å². The number of fused-ring (bicyclic) bond motifs is 8. The van der Waals surface area contributed by atoms with Gasteiger partial charge in [-0.2, -0.15) is 0 Å². The van der Waals surface area contributed by atoms with Crippen molar-refractivity contribution >= 4 is 33.7 Å². The van der Waals surface area contributed by atoms with Crippen LogP contribution in [-0.2, 0) is 25.7 Å². The number of carbonyl (C=O) groups excluding carboxylic acids is 2. The highest BCUT2D eigenvalue weighted by atomic mass is 35.5. The summed E-state index contributed by atoms with van der Waals surface area (Å²) in [4.78, 5) is 24.8. The van der Waals surface area contributed by atoms with Gasteiger partial charge in [0.05, 0.1) is 13.2 Å². The van der Waals surface area contributed by atoms with E-state index in [0.717, 1.165) is 35.1 Å². The Morgan fingerprint density at radius 1 is 0.591 bits per heavy atom. The lowest BCUT2D eigenvalue weighted by molar-refractivity contribution is 0.107. The molecule has 228 valence electrons. The monoisotopic (exact) mass is 632 g/mol. The number of hydrogen-bond acceptors (Lipinski definition) is 6. The van der Waals surface area contributed by atoms with E-state index in [9.17, 15) is 19.8 Å².